The molecule has 6 heteroatoms. The van der Waals surface area contributed by atoms with Crippen LogP contribution in [-0.2, 0) is 6.54 Å². The number of H-pyrrole nitrogens is 1. The lowest BCUT2D eigenvalue weighted by Gasteiger charge is -2.20. The summed E-state index contributed by atoms with van der Waals surface area (Å²) in [6.07, 6.45) is 0.891. The van der Waals surface area contributed by atoms with Crippen LogP contribution >= 0.6 is 11.8 Å². The van der Waals surface area contributed by atoms with Gasteiger partial charge in [-0.25, -0.2) is 0 Å². The minimum Gasteiger partial charge on any atom is -0.497 e. The Morgan fingerprint density at radius 3 is 2.47 bits per heavy atom. The second kappa shape index (κ2) is 11.8. The van der Waals surface area contributed by atoms with Crippen LogP contribution in [0.4, 0.5) is 0 Å². The lowest BCUT2D eigenvalue weighted by molar-refractivity contribution is 0.0944. The van der Waals surface area contributed by atoms with E-state index < -0.39 is 0 Å². The number of ether oxygens (including phenoxy) is 1. The van der Waals surface area contributed by atoms with Crippen molar-refractivity contribution in [2.45, 2.75) is 29.7 Å². The van der Waals surface area contributed by atoms with Gasteiger partial charge in [-0.05, 0) is 42.8 Å². The fourth-order valence-electron chi connectivity index (χ4n) is 3.93. The number of nitrogens with zero attached hydrogens (tertiary/aromatic N) is 1. The summed E-state index contributed by atoms with van der Waals surface area (Å²) in [7, 11) is 1.65. The van der Waals surface area contributed by atoms with E-state index >= 15 is 0 Å². The van der Waals surface area contributed by atoms with Crippen molar-refractivity contribution in [3.63, 3.8) is 0 Å². The smallest absolute Gasteiger partial charge is 0.268 e. The molecule has 0 atom stereocenters. The Morgan fingerprint density at radius 1 is 1.03 bits per heavy atom. The van der Waals surface area contributed by atoms with Gasteiger partial charge >= 0.3 is 0 Å². The molecule has 0 aliphatic heterocycles. The Labute approximate surface area is 205 Å². The topological polar surface area (TPSA) is 57.4 Å². The molecule has 2 N–H and O–H groups in total. The summed E-state index contributed by atoms with van der Waals surface area (Å²) in [5, 5.41) is 4.13. The number of nitrogens with one attached hydrogen (secondary N) is 2. The van der Waals surface area contributed by atoms with Crippen molar-refractivity contribution in [3.05, 3.63) is 90.1 Å². The number of carbonyl (C=O) groups excluding carboxylic acids is 1. The van der Waals surface area contributed by atoms with Crippen LogP contribution in [0.5, 0.6) is 5.75 Å². The van der Waals surface area contributed by atoms with Gasteiger partial charge in [0.15, 0.2) is 0 Å². The number of fused-ring (bicyclic) bond motifs is 1. The average Bonchev–Trinajstić information content (AvgIpc) is 3.24. The molecule has 0 radical (unpaired) electrons. The molecule has 1 amide bonds. The Morgan fingerprint density at radius 2 is 1.76 bits per heavy atom. The van der Waals surface area contributed by atoms with Crippen LogP contribution in [0.3, 0.4) is 0 Å². The summed E-state index contributed by atoms with van der Waals surface area (Å²) in [6.45, 7) is 5.63. The maximum atomic E-state index is 13.2. The molecule has 1 heterocycles. The molecule has 3 aromatic carbocycles. The van der Waals surface area contributed by atoms with Crippen LogP contribution in [0.2, 0.25) is 0 Å². The van der Waals surface area contributed by atoms with E-state index in [4.69, 9.17) is 4.74 Å². The standard InChI is InChI=1S/C28H31N3O2S/c1-3-31(20-21-11-6-4-7-12-21)18-10-17-29-28(32)26-27(34-23-13-8-5-9-14-23)24-16-15-22(33-2)19-25(24)30-26/h4-9,11-16,19,30H,3,10,17-18,20H2,1-2H3,(H,29,32). The molecular formula is C28H31N3O2S. The minimum atomic E-state index is -0.0836. The highest BCUT2D eigenvalue weighted by atomic mass is 32.2. The van der Waals surface area contributed by atoms with Crippen molar-refractivity contribution in [1.82, 2.24) is 15.2 Å². The fourth-order valence-corrected chi connectivity index (χ4v) is 5.00. The third kappa shape index (κ3) is 6.01. The van der Waals surface area contributed by atoms with E-state index in [2.05, 4.69) is 58.5 Å². The van der Waals surface area contributed by atoms with Crippen molar-refractivity contribution in [1.29, 1.82) is 0 Å². The van der Waals surface area contributed by atoms with E-state index in [1.807, 2.05) is 42.5 Å². The Kier molecular flexibility index (Phi) is 8.28. The van der Waals surface area contributed by atoms with Crippen LogP contribution < -0.4 is 10.1 Å². The van der Waals surface area contributed by atoms with E-state index in [1.54, 1.807) is 18.9 Å². The molecule has 0 unspecified atom stereocenters. The van der Waals surface area contributed by atoms with Gasteiger partial charge in [-0.1, -0.05) is 67.2 Å². The largest absolute Gasteiger partial charge is 0.497 e. The Balaban J connectivity index is 1.43. The van der Waals surface area contributed by atoms with Crippen LogP contribution in [0.15, 0.2) is 88.7 Å². The molecule has 0 aliphatic carbocycles. The summed E-state index contributed by atoms with van der Waals surface area (Å²) < 4.78 is 5.37. The van der Waals surface area contributed by atoms with Gasteiger partial charge in [0, 0.05) is 36.0 Å². The molecule has 34 heavy (non-hydrogen) atoms. The first-order valence-corrected chi connectivity index (χ1v) is 12.5. The van der Waals surface area contributed by atoms with Crippen LogP contribution in [0.1, 0.15) is 29.4 Å². The lowest BCUT2D eigenvalue weighted by atomic mass is 10.2. The summed E-state index contributed by atoms with van der Waals surface area (Å²) in [6, 6.07) is 26.5. The monoisotopic (exact) mass is 473 g/mol. The van der Waals surface area contributed by atoms with Crippen LogP contribution in [0, 0.1) is 0 Å². The Hall–Kier alpha value is -3.22. The first kappa shape index (κ1) is 23.9. The second-order valence-corrected chi connectivity index (χ2v) is 9.20. The van der Waals surface area contributed by atoms with E-state index in [1.165, 1.54) is 5.56 Å². The van der Waals surface area contributed by atoms with Gasteiger partial charge in [0.25, 0.3) is 5.91 Å². The van der Waals surface area contributed by atoms with Gasteiger partial charge in [-0.2, -0.15) is 0 Å². The van der Waals surface area contributed by atoms with Crippen molar-refractivity contribution < 1.29 is 9.53 Å². The molecule has 5 nitrogen and oxygen atoms in total. The first-order chi connectivity index (χ1) is 16.7. The van der Waals surface area contributed by atoms with Crippen LogP contribution in [0.25, 0.3) is 10.9 Å². The number of aromatic amines is 1. The average molecular weight is 474 g/mol. The highest BCUT2D eigenvalue weighted by Crippen LogP contribution is 2.37. The van der Waals surface area contributed by atoms with Crippen molar-refractivity contribution in [2.75, 3.05) is 26.7 Å². The zero-order chi connectivity index (χ0) is 23.8. The molecule has 0 bridgehead atoms. The van der Waals surface area contributed by atoms with Gasteiger partial charge in [-0.15, -0.1) is 0 Å². The number of carbonyl (C=O) groups is 1. The molecule has 0 fully saturated rings. The molecular weight excluding hydrogens is 442 g/mol. The molecule has 0 aliphatic rings. The fraction of sp³-hybridized carbons (Fsp3) is 0.250. The van der Waals surface area contributed by atoms with E-state index in [9.17, 15) is 4.79 Å². The number of hydrogen-bond donors (Lipinski definition) is 2. The van der Waals surface area contributed by atoms with Gasteiger partial charge in [-0.3, -0.25) is 9.69 Å². The molecule has 0 spiro atoms. The molecule has 1 aromatic heterocycles. The van der Waals surface area contributed by atoms with Crippen molar-refractivity contribution in [2.24, 2.45) is 0 Å². The first-order valence-electron chi connectivity index (χ1n) is 11.6. The number of aromatic nitrogens is 1. The number of amides is 1. The summed E-state index contributed by atoms with van der Waals surface area (Å²) in [5.74, 6) is 0.676. The minimum absolute atomic E-state index is 0.0836. The van der Waals surface area contributed by atoms with E-state index in [0.717, 1.165) is 52.5 Å². The third-order valence-electron chi connectivity index (χ3n) is 5.78. The number of hydrogen-bond acceptors (Lipinski definition) is 4. The number of benzene rings is 3. The van der Waals surface area contributed by atoms with Crippen molar-refractivity contribution >= 4 is 28.6 Å². The van der Waals surface area contributed by atoms with Gasteiger partial charge < -0.3 is 15.0 Å². The van der Waals surface area contributed by atoms with Gasteiger partial charge in [0.1, 0.15) is 11.4 Å². The third-order valence-corrected chi connectivity index (χ3v) is 6.92. The quantitative estimate of drug-likeness (QED) is 0.264. The second-order valence-electron chi connectivity index (χ2n) is 8.12. The van der Waals surface area contributed by atoms with Gasteiger partial charge in [0.2, 0.25) is 0 Å². The predicted molar refractivity (Wildman–Crippen MR) is 140 cm³/mol. The van der Waals surface area contributed by atoms with E-state index in [0.29, 0.717) is 12.2 Å². The summed E-state index contributed by atoms with van der Waals surface area (Å²) in [5.41, 5.74) is 2.79. The summed E-state index contributed by atoms with van der Waals surface area (Å²) >= 11 is 1.60. The normalized spacial score (nSPS) is 11.1. The maximum absolute atomic E-state index is 13.2. The molecule has 0 saturated heterocycles. The highest BCUT2D eigenvalue weighted by molar-refractivity contribution is 7.99. The highest BCUT2D eigenvalue weighted by Gasteiger charge is 2.19. The SMILES string of the molecule is CCN(CCCNC(=O)c1[nH]c2cc(OC)ccc2c1Sc1ccccc1)Cc1ccccc1. The Bertz CT molecular complexity index is 1210. The molecule has 4 rings (SSSR count). The summed E-state index contributed by atoms with van der Waals surface area (Å²) in [4.78, 5) is 20.9. The molecule has 176 valence electrons. The number of rotatable bonds is 11. The lowest BCUT2D eigenvalue weighted by Crippen LogP contribution is -2.30. The molecule has 4 aromatic rings. The predicted octanol–water partition coefficient (Wildman–Crippen LogP) is 5.97. The maximum Gasteiger partial charge on any atom is 0.268 e. The van der Waals surface area contributed by atoms with Gasteiger partial charge in [0.05, 0.1) is 17.5 Å². The van der Waals surface area contributed by atoms with E-state index in [-0.39, 0.29) is 5.91 Å². The van der Waals surface area contributed by atoms with Crippen molar-refractivity contribution in [3.8, 4) is 5.75 Å². The zero-order valence-corrected chi connectivity index (χ0v) is 20.5. The zero-order valence-electron chi connectivity index (χ0n) is 19.7. The van der Waals surface area contributed by atoms with Crippen LogP contribution in [-0.4, -0.2) is 42.5 Å². The number of methoxy groups -OCH3 is 1. The molecule has 0 saturated carbocycles.